The summed E-state index contributed by atoms with van der Waals surface area (Å²) in [6.45, 7) is 5.20. The van der Waals surface area contributed by atoms with Gasteiger partial charge in [0, 0.05) is 18.2 Å². The maximum Gasteiger partial charge on any atom is 0.309 e. The lowest BCUT2D eigenvalue weighted by atomic mass is 9.87. The Labute approximate surface area is 119 Å². The first-order valence-corrected chi connectivity index (χ1v) is 6.96. The fraction of sp³-hybridized carbons (Fsp3) is 0.500. The van der Waals surface area contributed by atoms with Crippen molar-refractivity contribution in [3.63, 3.8) is 0 Å². The normalized spacial score (nSPS) is 18.6. The highest BCUT2D eigenvalue weighted by Gasteiger charge is 2.35. The zero-order valence-electron chi connectivity index (χ0n) is 12.2. The van der Waals surface area contributed by atoms with E-state index in [1.165, 1.54) is 0 Å². The third kappa shape index (κ3) is 2.69. The van der Waals surface area contributed by atoms with Crippen LogP contribution in [-0.4, -0.2) is 23.0 Å². The molecule has 1 N–H and O–H groups in total. The molecule has 1 atom stereocenters. The highest BCUT2D eigenvalue weighted by atomic mass is 16.4. The van der Waals surface area contributed by atoms with E-state index in [1.807, 2.05) is 31.2 Å². The summed E-state index contributed by atoms with van der Waals surface area (Å²) in [6.07, 6.45) is 1.89. The number of hydrogen-bond acceptors (Lipinski definition) is 2. The minimum atomic E-state index is -1.04. The van der Waals surface area contributed by atoms with E-state index in [2.05, 4.69) is 0 Å². The summed E-state index contributed by atoms with van der Waals surface area (Å²) in [5.74, 6) is -1.05. The Morgan fingerprint density at radius 2 is 2.00 bits per heavy atom. The number of carboxylic acid groups (broad SMARTS) is 1. The summed E-state index contributed by atoms with van der Waals surface area (Å²) < 4.78 is 0. The summed E-state index contributed by atoms with van der Waals surface area (Å²) in [5, 5.41) is 9.18. The topological polar surface area (TPSA) is 57.6 Å². The van der Waals surface area contributed by atoms with Crippen LogP contribution in [0.25, 0.3) is 0 Å². The van der Waals surface area contributed by atoms with E-state index in [4.69, 9.17) is 0 Å². The van der Waals surface area contributed by atoms with Crippen molar-refractivity contribution in [2.75, 3.05) is 4.90 Å². The van der Waals surface area contributed by atoms with Crippen LogP contribution in [0.1, 0.15) is 39.2 Å². The molecule has 0 fully saturated rings. The van der Waals surface area contributed by atoms with Gasteiger partial charge in [0.25, 0.3) is 0 Å². The molecule has 1 unspecified atom stereocenters. The maximum absolute atomic E-state index is 12.6. The van der Waals surface area contributed by atoms with Crippen molar-refractivity contribution in [3.8, 4) is 0 Å². The number of para-hydroxylation sites is 1. The number of carbonyl (C=O) groups excluding carboxylic acids is 1. The second-order valence-corrected chi connectivity index (χ2v) is 6.15. The van der Waals surface area contributed by atoms with Crippen molar-refractivity contribution in [1.29, 1.82) is 0 Å². The van der Waals surface area contributed by atoms with Gasteiger partial charge in [-0.1, -0.05) is 18.2 Å². The number of aliphatic carboxylic acids is 1. The molecule has 1 heterocycles. The first kappa shape index (κ1) is 14.6. The van der Waals surface area contributed by atoms with Gasteiger partial charge >= 0.3 is 5.97 Å². The second kappa shape index (κ2) is 5.27. The summed E-state index contributed by atoms with van der Waals surface area (Å²) in [7, 11) is 0. The highest BCUT2D eigenvalue weighted by Crippen LogP contribution is 2.33. The van der Waals surface area contributed by atoms with Crippen molar-refractivity contribution >= 4 is 17.6 Å². The lowest BCUT2D eigenvalue weighted by molar-refractivity contribution is -0.149. The maximum atomic E-state index is 12.6. The van der Waals surface area contributed by atoms with Crippen LogP contribution >= 0.6 is 0 Å². The van der Waals surface area contributed by atoms with Gasteiger partial charge in [0.05, 0.1) is 5.41 Å². The van der Waals surface area contributed by atoms with E-state index in [0.717, 1.165) is 24.1 Å². The SMILES string of the molecule is CC1CCc2ccccc2N1C(=O)CC(C)(C)C(=O)O. The third-order valence-corrected chi connectivity index (χ3v) is 3.96. The highest BCUT2D eigenvalue weighted by molar-refractivity contribution is 5.97. The van der Waals surface area contributed by atoms with Gasteiger partial charge in [-0.2, -0.15) is 0 Å². The quantitative estimate of drug-likeness (QED) is 0.922. The summed E-state index contributed by atoms with van der Waals surface area (Å²) in [4.78, 5) is 25.5. The number of amides is 1. The molecule has 0 aromatic heterocycles. The average Bonchev–Trinajstić information content (AvgIpc) is 2.37. The number of fused-ring (bicyclic) bond motifs is 1. The van der Waals surface area contributed by atoms with Gasteiger partial charge in [0.1, 0.15) is 0 Å². The second-order valence-electron chi connectivity index (χ2n) is 6.15. The Balaban J connectivity index is 2.28. The molecule has 0 saturated carbocycles. The Morgan fingerprint density at radius 1 is 1.35 bits per heavy atom. The summed E-state index contributed by atoms with van der Waals surface area (Å²) in [5.41, 5.74) is 1.05. The molecule has 0 spiro atoms. The van der Waals surface area contributed by atoms with Crippen molar-refractivity contribution < 1.29 is 14.7 Å². The first-order valence-electron chi connectivity index (χ1n) is 6.96. The van der Waals surface area contributed by atoms with E-state index in [0.29, 0.717) is 0 Å². The zero-order valence-corrected chi connectivity index (χ0v) is 12.2. The van der Waals surface area contributed by atoms with Crippen molar-refractivity contribution in [2.24, 2.45) is 5.41 Å². The van der Waals surface area contributed by atoms with E-state index in [9.17, 15) is 14.7 Å². The lowest BCUT2D eigenvalue weighted by Gasteiger charge is -2.36. The zero-order chi connectivity index (χ0) is 14.9. The van der Waals surface area contributed by atoms with E-state index in [1.54, 1.807) is 18.7 Å². The fourth-order valence-electron chi connectivity index (χ4n) is 2.61. The predicted molar refractivity (Wildman–Crippen MR) is 77.7 cm³/mol. The number of benzene rings is 1. The standard InChI is InChI=1S/C16H21NO3/c1-11-8-9-12-6-4-5-7-13(12)17(11)14(18)10-16(2,3)15(19)20/h4-7,11H,8-10H2,1-3H3,(H,19,20). The van der Waals surface area contributed by atoms with Crippen LogP contribution in [0.2, 0.25) is 0 Å². The molecule has 1 aliphatic heterocycles. The molecule has 108 valence electrons. The summed E-state index contributed by atoms with van der Waals surface area (Å²) >= 11 is 0. The van der Waals surface area contributed by atoms with Crippen LogP contribution < -0.4 is 4.90 Å². The van der Waals surface area contributed by atoms with Gasteiger partial charge in [-0.25, -0.2) is 0 Å². The van der Waals surface area contributed by atoms with Crippen LogP contribution in [0, 0.1) is 5.41 Å². The van der Waals surface area contributed by atoms with Crippen molar-refractivity contribution in [3.05, 3.63) is 29.8 Å². The average molecular weight is 275 g/mol. The smallest absolute Gasteiger partial charge is 0.309 e. The molecule has 0 radical (unpaired) electrons. The Kier molecular flexibility index (Phi) is 3.84. The van der Waals surface area contributed by atoms with Crippen molar-refractivity contribution in [2.45, 2.75) is 46.1 Å². The molecule has 1 aromatic rings. The van der Waals surface area contributed by atoms with Gasteiger partial charge in [0.15, 0.2) is 0 Å². The number of nitrogens with zero attached hydrogens (tertiary/aromatic N) is 1. The van der Waals surface area contributed by atoms with Gasteiger partial charge in [-0.05, 0) is 45.2 Å². The number of aryl methyl sites for hydroxylation is 1. The minimum absolute atomic E-state index is 0.0149. The molecule has 20 heavy (non-hydrogen) atoms. The molecular formula is C16H21NO3. The van der Waals surface area contributed by atoms with Crippen molar-refractivity contribution in [1.82, 2.24) is 0 Å². The molecule has 2 rings (SSSR count). The molecule has 1 aliphatic rings. The van der Waals surface area contributed by atoms with Gasteiger partial charge < -0.3 is 10.0 Å². The molecule has 4 heteroatoms. The number of rotatable bonds is 3. The minimum Gasteiger partial charge on any atom is -0.481 e. The fourth-order valence-corrected chi connectivity index (χ4v) is 2.61. The van der Waals surface area contributed by atoms with Crippen LogP contribution in [0.15, 0.2) is 24.3 Å². The van der Waals surface area contributed by atoms with E-state index < -0.39 is 11.4 Å². The Morgan fingerprint density at radius 3 is 2.65 bits per heavy atom. The van der Waals surface area contributed by atoms with E-state index in [-0.39, 0.29) is 18.4 Å². The third-order valence-electron chi connectivity index (χ3n) is 3.96. The van der Waals surface area contributed by atoms with Crippen LogP contribution in [0.3, 0.4) is 0 Å². The molecule has 1 amide bonds. The Bertz CT molecular complexity index is 536. The van der Waals surface area contributed by atoms with Gasteiger partial charge in [0.2, 0.25) is 5.91 Å². The van der Waals surface area contributed by atoms with Gasteiger partial charge in [-0.3, -0.25) is 9.59 Å². The largest absolute Gasteiger partial charge is 0.481 e. The lowest BCUT2D eigenvalue weighted by Crippen LogP contribution is -2.44. The molecular weight excluding hydrogens is 254 g/mol. The number of anilines is 1. The van der Waals surface area contributed by atoms with E-state index >= 15 is 0 Å². The van der Waals surface area contributed by atoms with Crippen LogP contribution in [0.4, 0.5) is 5.69 Å². The monoisotopic (exact) mass is 275 g/mol. The molecule has 0 bridgehead atoms. The number of hydrogen-bond donors (Lipinski definition) is 1. The molecule has 0 aliphatic carbocycles. The summed E-state index contributed by atoms with van der Waals surface area (Å²) in [6, 6.07) is 7.97. The van der Waals surface area contributed by atoms with Crippen LogP contribution in [0.5, 0.6) is 0 Å². The van der Waals surface area contributed by atoms with Crippen LogP contribution in [-0.2, 0) is 16.0 Å². The Hall–Kier alpha value is -1.84. The molecule has 1 aromatic carbocycles. The number of carbonyl (C=O) groups is 2. The molecule has 4 nitrogen and oxygen atoms in total. The van der Waals surface area contributed by atoms with Gasteiger partial charge in [-0.15, -0.1) is 0 Å². The number of carboxylic acids is 1. The molecule has 0 saturated heterocycles. The predicted octanol–water partition coefficient (Wildman–Crippen LogP) is 2.86. The first-order chi connectivity index (χ1) is 9.33.